The van der Waals surface area contributed by atoms with Gasteiger partial charge in [-0.05, 0) is 17.7 Å². The van der Waals surface area contributed by atoms with E-state index in [-0.39, 0.29) is 31.5 Å². The molecule has 0 spiro atoms. The number of aromatic nitrogens is 2. The van der Waals surface area contributed by atoms with E-state index in [4.69, 9.17) is 5.11 Å². The Morgan fingerprint density at radius 3 is 2.52 bits per heavy atom. The molecule has 9 heteroatoms. The van der Waals surface area contributed by atoms with Gasteiger partial charge in [-0.1, -0.05) is 12.1 Å². The lowest BCUT2D eigenvalue weighted by Gasteiger charge is -2.12. The number of benzene rings is 1. The number of hydrogen-bond acceptors (Lipinski definition) is 5. The first-order chi connectivity index (χ1) is 10.9. The van der Waals surface area contributed by atoms with Crippen molar-refractivity contribution in [1.29, 1.82) is 0 Å². The Morgan fingerprint density at radius 1 is 1.09 bits per heavy atom. The second-order valence-electron chi connectivity index (χ2n) is 4.59. The van der Waals surface area contributed by atoms with Crippen molar-refractivity contribution >= 4 is 11.8 Å². The molecule has 0 aliphatic carbocycles. The number of nitrogens with zero attached hydrogens (tertiary/aromatic N) is 2. The molecule has 3 N–H and O–H groups in total. The van der Waals surface area contributed by atoms with Crippen LogP contribution in [-0.4, -0.2) is 28.2 Å². The van der Waals surface area contributed by atoms with Gasteiger partial charge < -0.3 is 15.7 Å². The summed E-state index contributed by atoms with van der Waals surface area (Å²) in [5.74, 6) is -0.749. The molecule has 5 nitrogen and oxygen atoms in total. The summed E-state index contributed by atoms with van der Waals surface area (Å²) >= 11 is 0. The van der Waals surface area contributed by atoms with Gasteiger partial charge in [0.05, 0.1) is 6.61 Å². The number of rotatable bonds is 6. The van der Waals surface area contributed by atoms with Crippen molar-refractivity contribution in [3.8, 4) is 0 Å². The van der Waals surface area contributed by atoms with Crippen molar-refractivity contribution in [2.24, 2.45) is 0 Å². The van der Waals surface area contributed by atoms with Gasteiger partial charge in [-0.3, -0.25) is 0 Å². The highest BCUT2D eigenvalue weighted by molar-refractivity contribution is 5.43. The van der Waals surface area contributed by atoms with Crippen LogP contribution < -0.4 is 10.6 Å². The standard InChI is InChI=1S/C14H14F4N4O/c15-10-3-1-2-9(6-10)8-20-12-7-11(14(16,17)18)21-13(22-12)19-4-5-23/h1-3,6-7,23H,4-5,8H2,(H2,19,20,21,22). The molecule has 1 aromatic carbocycles. The van der Waals surface area contributed by atoms with Crippen molar-refractivity contribution in [2.45, 2.75) is 12.7 Å². The molecule has 2 aromatic rings. The van der Waals surface area contributed by atoms with Crippen molar-refractivity contribution in [1.82, 2.24) is 9.97 Å². The van der Waals surface area contributed by atoms with E-state index >= 15 is 0 Å². The zero-order valence-electron chi connectivity index (χ0n) is 11.9. The van der Waals surface area contributed by atoms with E-state index < -0.39 is 17.7 Å². The van der Waals surface area contributed by atoms with E-state index in [1.54, 1.807) is 6.07 Å². The van der Waals surface area contributed by atoms with Crippen LogP contribution in [0.3, 0.4) is 0 Å². The highest BCUT2D eigenvalue weighted by Gasteiger charge is 2.33. The fraction of sp³-hybridized carbons (Fsp3) is 0.286. The first kappa shape index (κ1) is 16.9. The molecule has 0 bridgehead atoms. The molecule has 2 rings (SSSR count). The van der Waals surface area contributed by atoms with Crippen LogP contribution >= 0.6 is 0 Å². The Hall–Kier alpha value is -2.42. The third kappa shape index (κ3) is 5.06. The lowest BCUT2D eigenvalue weighted by atomic mass is 10.2. The normalized spacial score (nSPS) is 11.3. The quantitative estimate of drug-likeness (QED) is 0.711. The molecule has 0 atom stereocenters. The molecule has 0 unspecified atom stereocenters. The highest BCUT2D eigenvalue weighted by Crippen LogP contribution is 2.29. The van der Waals surface area contributed by atoms with Gasteiger partial charge >= 0.3 is 6.18 Å². The average Bonchev–Trinajstić information content (AvgIpc) is 2.50. The minimum atomic E-state index is -4.63. The van der Waals surface area contributed by atoms with Crippen LogP contribution in [0.15, 0.2) is 30.3 Å². The van der Waals surface area contributed by atoms with Crippen molar-refractivity contribution in [2.75, 3.05) is 23.8 Å². The lowest BCUT2D eigenvalue weighted by Crippen LogP contribution is -2.15. The summed E-state index contributed by atoms with van der Waals surface area (Å²) in [6, 6.07) is 6.44. The van der Waals surface area contributed by atoms with E-state index in [2.05, 4.69) is 20.6 Å². The van der Waals surface area contributed by atoms with E-state index in [0.717, 1.165) is 6.07 Å². The van der Waals surface area contributed by atoms with E-state index in [9.17, 15) is 17.6 Å². The zero-order valence-corrected chi connectivity index (χ0v) is 11.9. The molecule has 1 heterocycles. The third-order valence-corrected chi connectivity index (χ3v) is 2.77. The van der Waals surface area contributed by atoms with Gasteiger partial charge in [0.25, 0.3) is 0 Å². The zero-order chi connectivity index (χ0) is 16.9. The lowest BCUT2D eigenvalue weighted by molar-refractivity contribution is -0.141. The van der Waals surface area contributed by atoms with Gasteiger partial charge in [-0.25, -0.2) is 9.37 Å². The summed E-state index contributed by atoms with van der Waals surface area (Å²) in [4.78, 5) is 7.24. The second kappa shape index (κ2) is 7.23. The first-order valence-corrected chi connectivity index (χ1v) is 6.68. The summed E-state index contributed by atoms with van der Waals surface area (Å²) in [7, 11) is 0. The van der Waals surface area contributed by atoms with Crippen LogP contribution in [0.2, 0.25) is 0 Å². The molecular formula is C14H14F4N4O. The smallest absolute Gasteiger partial charge is 0.395 e. The number of alkyl halides is 3. The predicted octanol–water partition coefficient (Wildman–Crippen LogP) is 2.65. The van der Waals surface area contributed by atoms with Crippen LogP contribution in [-0.2, 0) is 12.7 Å². The predicted molar refractivity (Wildman–Crippen MR) is 76.3 cm³/mol. The van der Waals surface area contributed by atoms with Crippen LogP contribution in [0.1, 0.15) is 11.3 Å². The van der Waals surface area contributed by atoms with Crippen LogP contribution in [0.4, 0.5) is 29.3 Å². The number of halogens is 4. The minimum absolute atomic E-state index is 0.0185. The molecule has 0 radical (unpaired) electrons. The molecule has 0 aliphatic rings. The molecule has 0 amide bonds. The number of anilines is 2. The number of aliphatic hydroxyl groups is 1. The maximum atomic E-state index is 13.1. The Morgan fingerprint density at radius 2 is 1.87 bits per heavy atom. The fourth-order valence-electron chi connectivity index (χ4n) is 1.77. The summed E-state index contributed by atoms with van der Waals surface area (Å²) in [5.41, 5.74) is -0.559. The van der Waals surface area contributed by atoms with Crippen molar-refractivity contribution in [3.05, 3.63) is 47.4 Å². The summed E-state index contributed by atoms with van der Waals surface area (Å²) in [6.07, 6.45) is -4.63. The number of hydrogen-bond donors (Lipinski definition) is 3. The van der Waals surface area contributed by atoms with Crippen molar-refractivity contribution in [3.63, 3.8) is 0 Å². The van der Waals surface area contributed by atoms with Crippen LogP contribution in [0.5, 0.6) is 0 Å². The Balaban J connectivity index is 2.19. The Labute approximate surface area is 129 Å². The summed E-state index contributed by atoms with van der Waals surface area (Å²) in [6.45, 7) is -0.151. The van der Waals surface area contributed by atoms with Crippen molar-refractivity contribution < 1.29 is 22.7 Å². The topological polar surface area (TPSA) is 70.1 Å². The van der Waals surface area contributed by atoms with Gasteiger partial charge in [0.15, 0.2) is 5.69 Å². The molecule has 0 saturated carbocycles. The molecule has 124 valence electrons. The maximum Gasteiger partial charge on any atom is 0.433 e. The number of nitrogens with one attached hydrogen (secondary N) is 2. The van der Waals surface area contributed by atoms with Gasteiger partial charge in [-0.2, -0.15) is 18.2 Å². The van der Waals surface area contributed by atoms with E-state index in [0.29, 0.717) is 5.56 Å². The first-order valence-electron chi connectivity index (χ1n) is 6.68. The summed E-state index contributed by atoms with van der Waals surface area (Å²) in [5, 5.41) is 13.9. The molecule has 23 heavy (non-hydrogen) atoms. The molecule has 0 saturated heterocycles. The monoisotopic (exact) mass is 330 g/mol. The molecule has 0 aliphatic heterocycles. The second-order valence-corrected chi connectivity index (χ2v) is 4.59. The van der Waals surface area contributed by atoms with E-state index in [1.807, 2.05) is 0 Å². The Kier molecular flexibility index (Phi) is 5.32. The molecule has 0 fully saturated rings. The third-order valence-electron chi connectivity index (χ3n) is 2.77. The van der Waals surface area contributed by atoms with Crippen LogP contribution in [0.25, 0.3) is 0 Å². The Bertz CT molecular complexity index is 663. The van der Waals surface area contributed by atoms with Gasteiger partial charge in [-0.15, -0.1) is 0 Å². The molecule has 1 aromatic heterocycles. The fourth-order valence-corrected chi connectivity index (χ4v) is 1.77. The maximum absolute atomic E-state index is 13.1. The molecular weight excluding hydrogens is 316 g/mol. The van der Waals surface area contributed by atoms with Gasteiger partial charge in [0, 0.05) is 19.2 Å². The average molecular weight is 330 g/mol. The SMILES string of the molecule is OCCNc1nc(NCc2cccc(F)c2)cc(C(F)(F)F)n1. The highest BCUT2D eigenvalue weighted by atomic mass is 19.4. The number of aliphatic hydroxyl groups excluding tert-OH is 1. The van der Waals surface area contributed by atoms with Crippen LogP contribution in [0, 0.1) is 5.82 Å². The van der Waals surface area contributed by atoms with Gasteiger partial charge in [0.2, 0.25) is 5.95 Å². The summed E-state index contributed by atoms with van der Waals surface area (Å²) < 4.78 is 51.6. The minimum Gasteiger partial charge on any atom is -0.395 e. The van der Waals surface area contributed by atoms with E-state index in [1.165, 1.54) is 18.2 Å². The largest absolute Gasteiger partial charge is 0.433 e. The van der Waals surface area contributed by atoms with Gasteiger partial charge in [0.1, 0.15) is 11.6 Å².